The largest absolute Gasteiger partial charge is 0.493 e. The number of methoxy groups -OCH3 is 3. The van der Waals surface area contributed by atoms with Gasteiger partial charge in [0, 0.05) is 6.54 Å². The van der Waals surface area contributed by atoms with E-state index in [1.165, 1.54) is 55.7 Å². The average Bonchev–Trinajstić information content (AvgIpc) is 3.56. The Bertz CT molecular complexity index is 1300. The van der Waals surface area contributed by atoms with Crippen molar-refractivity contribution in [2.75, 3.05) is 32.8 Å². The summed E-state index contributed by atoms with van der Waals surface area (Å²) in [4.78, 5) is 53.9. The molecule has 1 fully saturated rings. The summed E-state index contributed by atoms with van der Waals surface area (Å²) in [6.45, 7) is 0.147. The maximum absolute atomic E-state index is 13.5. The van der Waals surface area contributed by atoms with Gasteiger partial charge in [-0.05, 0) is 60.5 Å². The van der Waals surface area contributed by atoms with Gasteiger partial charge in [-0.15, -0.1) is 0 Å². The Balaban J connectivity index is 1.59. The standard InChI is InChI=1S/C27H26N2O8/c1-34-21-11-6-17(15-23(21)35-2)12-13-28(26(32)22-5-4-14-37-22)20-16-24(30)29(25(20)31)19-9-7-18(8-10-19)27(33)36-3/h4-11,14-15,20H,12-13,16H2,1-3H3. The van der Waals surface area contributed by atoms with Crippen molar-refractivity contribution >= 4 is 29.4 Å². The van der Waals surface area contributed by atoms with Gasteiger partial charge in [0.05, 0.1) is 45.3 Å². The Labute approximate surface area is 213 Å². The summed E-state index contributed by atoms with van der Waals surface area (Å²) >= 11 is 0. The zero-order valence-corrected chi connectivity index (χ0v) is 20.6. The lowest BCUT2D eigenvalue weighted by atomic mass is 10.1. The summed E-state index contributed by atoms with van der Waals surface area (Å²) in [5.41, 5.74) is 1.43. The highest BCUT2D eigenvalue weighted by atomic mass is 16.5. The van der Waals surface area contributed by atoms with E-state index in [-0.39, 0.29) is 24.3 Å². The predicted octanol–water partition coefficient (Wildman–Crippen LogP) is 3.10. The third kappa shape index (κ3) is 5.18. The minimum absolute atomic E-state index is 0.0634. The fourth-order valence-corrected chi connectivity index (χ4v) is 4.22. The lowest BCUT2D eigenvalue weighted by Crippen LogP contribution is -2.46. The highest BCUT2D eigenvalue weighted by molar-refractivity contribution is 6.23. The number of rotatable bonds is 9. The number of benzene rings is 2. The summed E-state index contributed by atoms with van der Waals surface area (Å²) in [6.07, 6.45) is 1.57. The van der Waals surface area contributed by atoms with Crippen LogP contribution in [0.2, 0.25) is 0 Å². The van der Waals surface area contributed by atoms with E-state index in [1.807, 2.05) is 6.07 Å². The number of amides is 3. The Morgan fingerprint density at radius 1 is 1.00 bits per heavy atom. The molecule has 1 atom stereocenters. The maximum atomic E-state index is 13.5. The fraction of sp³-hybridized carbons (Fsp3) is 0.259. The first kappa shape index (κ1) is 25.5. The van der Waals surface area contributed by atoms with Gasteiger partial charge in [-0.2, -0.15) is 0 Å². The molecule has 1 saturated heterocycles. The van der Waals surface area contributed by atoms with Gasteiger partial charge >= 0.3 is 5.97 Å². The Morgan fingerprint density at radius 3 is 2.35 bits per heavy atom. The molecular formula is C27H26N2O8. The van der Waals surface area contributed by atoms with Gasteiger partial charge in [0.1, 0.15) is 6.04 Å². The molecule has 1 aromatic heterocycles. The number of esters is 1. The number of carbonyl (C=O) groups is 4. The first-order chi connectivity index (χ1) is 17.9. The number of nitrogens with zero attached hydrogens (tertiary/aromatic N) is 2. The van der Waals surface area contributed by atoms with Crippen molar-refractivity contribution in [3.63, 3.8) is 0 Å². The highest BCUT2D eigenvalue weighted by Crippen LogP contribution is 2.30. The third-order valence-corrected chi connectivity index (χ3v) is 6.13. The molecule has 0 aliphatic carbocycles. The molecule has 37 heavy (non-hydrogen) atoms. The number of hydrogen-bond acceptors (Lipinski definition) is 8. The quantitative estimate of drug-likeness (QED) is 0.321. The number of anilines is 1. The van der Waals surface area contributed by atoms with Crippen LogP contribution in [0.25, 0.3) is 0 Å². The molecule has 10 nitrogen and oxygen atoms in total. The zero-order valence-electron chi connectivity index (χ0n) is 20.6. The van der Waals surface area contributed by atoms with Gasteiger partial charge in [0.2, 0.25) is 5.91 Å². The molecule has 0 saturated carbocycles. The monoisotopic (exact) mass is 506 g/mol. The Kier molecular flexibility index (Phi) is 7.57. The van der Waals surface area contributed by atoms with Crippen LogP contribution in [0, 0.1) is 0 Å². The Morgan fingerprint density at radius 2 is 1.73 bits per heavy atom. The molecule has 0 spiro atoms. The van der Waals surface area contributed by atoms with E-state index < -0.39 is 29.7 Å². The lowest BCUT2D eigenvalue weighted by Gasteiger charge is -2.27. The van der Waals surface area contributed by atoms with Crippen molar-refractivity contribution in [1.82, 2.24) is 4.90 Å². The molecule has 192 valence electrons. The van der Waals surface area contributed by atoms with E-state index in [9.17, 15) is 19.2 Å². The topological polar surface area (TPSA) is 116 Å². The maximum Gasteiger partial charge on any atom is 0.337 e. The molecule has 2 heterocycles. The summed E-state index contributed by atoms with van der Waals surface area (Å²) in [7, 11) is 4.34. The third-order valence-electron chi connectivity index (χ3n) is 6.13. The molecule has 1 aliphatic heterocycles. The van der Waals surface area contributed by atoms with Crippen LogP contribution in [0.15, 0.2) is 65.3 Å². The van der Waals surface area contributed by atoms with Crippen LogP contribution >= 0.6 is 0 Å². The van der Waals surface area contributed by atoms with Crippen molar-refractivity contribution in [3.8, 4) is 11.5 Å². The molecule has 0 radical (unpaired) electrons. The van der Waals surface area contributed by atoms with E-state index in [1.54, 1.807) is 25.3 Å². The molecule has 2 aromatic carbocycles. The number of hydrogen-bond donors (Lipinski definition) is 0. The van der Waals surface area contributed by atoms with Crippen LogP contribution in [-0.2, 0) is 20.7 Å². The number of carbonyl (C=O) groups excluding carboxylic acids is 4. The van der Waals surface area contributed by atoms with E-state index in [4.69, 9.17) is 18.6 Å². The number of ether oxygens (including phenoxy) is 3. The van der Waals surface area contributed by atoms with Gasteiger partial charge in [0.15, 0.2) is 17.3 Å². The second kappa shape index (κ2) is 11.0. The summed E-state index contributed by atoms with van der Waals surface area (Å²) in [5.74, 6) is -0.855. The smallest absolute Gasteiger partial charge is 0.337 e. The van der Waals surface area contributed by atoms with Crippen molar-refractivity contribution in [2.24, 2.45) is 0 Å². The SMILES string of the molecule is COC(=O)c1ccc(N2C(=O)CC(N(CCc3ccc(OC)c(OC)c3)C(=O)c3ccco3)C2=O)cc1. The van der Waals surface area contributed by atoms with E-state index in [0.29, 0.717) is 23.6 Å². The second-order valence-corrected chi connectivity index (χ2v) is 8.24. The van der Waals surface area contributed by atoms with Gasteiger partial charge in [-0.3, -0.25) is 14.4 Å². The summed E-state index contributed by atoms with van der Waals surface area (Å²) in [6, 6.07) is 13.4. The van der Waals surface area contributed by atoms with E-state index in [0.717, 1.165) is 10.5 Å². The molecular weight excluding hydrogens is 480 g/mol. The molecule has 3 aromatic rings. The van der Waals surface area contributed by atoms with Crippen molar-refractivity contribution in [3.05, 3.63) is 77.7 Å². The Hall–Kier alpha value is -4.60. The number of imide groups is 1. The van der Waals surface area contributed by atoms with Crippen molar-refractivity contribution < 1.29 is 37.8 Å². The summed E-state index contributed by atoms with van der Waals surface area (Å²) in [5, 5.41) is 0. The second-order valence-electron chi connectivity index (χ2n) is 8.24. The van der Waals surface area contributed by atoms with Gasteiger partial charge in [-0.25, -0.2) is 9.69 Å². The molecule has 0 bridgehead atoms. The zero-order chi connectivity index (χ0) is 26.5. The molecule has 4 rings (SSSR count). The van der Waals surface area contributed by atoms with Crippen molar-refractivity contribution in [2.45, 2.75) is 18.9 Å². The van der Waals surface area contributed by atoms with Crippen LogP contribution in [-0.4, -0.2) is 62.5 Å². The molecule has 0 N–H and O–H groups in total. The highest BCUT2D eigenvalue weighted by Gasteiger charge is 2.44. The fourth-order valence-electron chi connectivity index (χ4n) is 4.22. The molecule has 1 unspecified atom stereocenters. The van der Waals surface area contributed by atoms with Gasteiger partial charge in [-0.1, -0.05) is 6.07 Å². The first-order valence-corrected chi connectivity index (χ1v) is 11.5. The number of furan rings is 1. The molecule has 3 amide bonds. The van der Waals surface area contributed by atoms with E-state index in [2.05, 4.69) is 0 Å². The van der Waals surface area contributed by atoms with Gasteiger partial charge in [0.25, 0.3) is 11.8 Å². The summed E-state index contributed by atoms with van der Waals surface area (Å²) < 4.78 is 20.6. The van der Waals surface area contributed by atoms with Crippen LogP contribution < -0.4 is 14.4 Å². The van der Waals surface area contributed by atoms with Crippen LogP contribution in [0.4, 0.5) is 5.69 Å². The van der Waals surface area contributed by atoms with Crippen molar-refractivity contribution in [1.29, 1.82) is 0 Å². The van der Waals surface area contributed by atoms with Crippen LogP contribution in [0.1, 0.15) is 32.9 Å². The predicted molar refractivity (Wildman–Crippen MR) is 132 cm³/mol. The van der Waals surface area contributed by atoms with E-state index >= 15 is 0 Å². The normalized spacial score (nSPS) is 15.0. The first-order valence-electron chi connectivity index (χ1n) is 11.5. The average molecular weight is 507 g/mol. The minimum atomic E-state index is -1.02. The minimum Gasteiger partial charge on any atom is -0.493 e. The van der Waals surface area contributed by atoms with Crippen LogP contribution in [0.5, 0.6) is 11.5 Å². The molecule has 10 heteroatoms. The van der Waals surface area contributed by atoms with Crippen LogP contribution in [0.3, 0.4) is 0 Å². The molecule has 1 aliphatic rings. The van der Waals surface area contributed by atoms with Gasteiger partial charge < -0.3 is 23.5 Å². The lowest BCUT2D eigenvalue weighted by molar-refractivity contribution is -0.122.